The van der Waals surface area contributed by atoms with Crippen LogP contribution in [0.15, 0.2) is 52.9 Å². The van der Waals surface area contributed by atoms with Crippen molar-refractivity contribution < 1.29 is 33.3 Å². The number of thioether (sulfide) groups is 1. The number of amides is 1. The highest BCUT2D eigenvalue weighted by Gasteiger charge is 2.15. The normalized spacial score (nSPS) is 11.6. The summed E-state index contributed by atoms with van der Waals surface area (Å²) >= 11 is 2.29. The van der Waals surface area contributed by atoms with E-state index >= 15 is 0 Å². The average Bonchev–Trinajstić information content (AvgIpc) is 3.21. The second kappa shape index (κ2) is 11.6. The fraction of sp³-hybridized carbons (Fsp3) is 0.227. The van der Waals surface area contributed by atoms with E-state index in [0.29, 0.717) is 33.2 Å². The highest BCUT2D eigenvalue weighted by atomic mass is 32.2. The molecule has 33 heavy (non-hydrogen) atoms. The van der Waals surface area contributed by atoms with Crippen molar-refractivity contribution >= 4 is 40.1 Å². The Balaban J connectivity index is 1.80. The Bertz CT molecular complexity index is 1110. The molecular weight excluding hydrogens is 471 g/mol. The van der Waals surface area contributed by atoms with Crippen LogP contribution in [0, 0.1) is 5.82 Å². The number of nitrogens with zero attached hydrogens (tertiary/aromatic N) is 1. The Morgan fingerprint density at radius 1 is 1.18 bits per heavy atom. The van der Waals surface area contributed by atoms with Gasteiger partial charge in [-0.2, -0.15) is 0 Å². The van der Waals surface area contributed by atoms with Gasteiger partial charge in [0, 0.05) is 18.7 Å². The highest BCUT2D eigenvalue weighted by Crippen LogP contribution is 2.31. The number of methoxy groups -OCH3 is 1. The number of ether oxygens (including phenoxy) is 3. The van der Waals surface area contributed by atoms with Crippen molar-refractivity contribution in [2.24, 2.45) is 0 Å². The first kappa shape index (κ1) is 24.5. The SMILES string of the molecule is COC[C@H](C)Oc1cc(Oc2ccc(F)cc2)cc(C(=O)Nc2ncc(SCC(=O)O)s2)c1. The monoisotopic (exact) mass is 492 g/mol. The van der Waals surface area contributed by atoms with Gasteiger partial charge in [-0.25, -0.2) is 9.37 Å². The van der Waals surface area contributed by atoms with Crippen LogP contribution in [0.25, 0.3) is 0 Å². The zero-order chi connectivity index (χ0) is 23.8. The van der Waals surface area contributed by atoms with E-state index in [4.69, 9.17) is 19.3 Å². The van der Waals surface area contributed by atoms with Crippen molar-refractivity contribution in [3.63, 3.8) is 0 Å². The van der Waals surface area contributed by atoms with Crippen LogP contribution in [0.4, 0.5) is 9.52 Å². The van der Waals surface area contributed by atoms with Crippen molar-refractivity contribution in [2.75, 3.05) is 24.8 Å². The Morgan fingerprint density at radius 3 is 2.61 bits per heavy atom. The van der Waals surface area contributed by atoms with Crippen molar-refractivity contribution in [1.82, 2.24) is 4.98 Å². The van der Waals surface area contributed by atoms with E-state index in [1.54, 1.807) is 19.2 Å². The van der Waals surface area contributed by atoms with Crippen LogP contribution in [-0.4, -0.2) is 47.5 Å². The predicted molar refractivity (Wildman–Crippen MR) is 123 cm³/mol. The van der Waals surface area contributed by atoms with Crippen LogP contribution < -0.4 is 14.8 Å². The van der Waals surface area contributed by atoms with Crippen LogP contribution in [0.2, 0.25) is 0 Å². The zero-order valence-corrected chi connectivity index (χ0v) is 19.4. The maximum Gasteiger partial charge on any atom is 0.313 e. The standard InChI is InChI=1S/C22H21FN2O6S2/c1-13(11-29-2)30-17-7-14(8-18(9-17)31-16-5-3-15(23)4-6-16)21(28)25-22-24-10-20(33-22)32-12-19(26)27/h3-10,13H,11-12H2,1-2H3,(H,26,27)(H,24,25,28)/t13-/m0/s1. The third-order valence-corrected chi connectivity index (χ3v) is 6.07. The molecule has 0 aliphatic carbocycles. The number of thiazole rings is 1. The Labute approximate surface area is 197 Å². The summed E-state index contributed by atoms with van der Waals surface area (Å²) in [6, 6.07) is 10.2. The first-order chi connectivity index (χ1) is 15.8. The molecule has 2 aromatic carbocycles. The van der Waals surface area contributed by atoms with Crippen molar-refractivity contribution in [3.05, 3.63) is 60.0 Å². The number of nitrogens with one attached hydrogen (secondary N) is 1. The summed E-state index contributed by atoms with van der Waals surface area (Å²) in [6.45, 7) is 2.17. The van der Waals surface area contributed by atoms with E-state index in [1.807, 2.05) is 6.92 Å². The van der Waals surface area contributed by atoms with E-state index in [9.17, 15) is 14.0 Å². The molecule has 8 nitrogen and oxygen atoms in total. The summed E-state index contributed by atoms with van der Waals surface area (Å²) in [5.41, 5.74) is 0.254. The topological polar surface area (TPSA) is 107 Å². The van der Waals surface area contributed by atoms with Crippen LogP contribution in [0.3, 0.4) is 0 Å². The average molecular weight is 493 g/mol. The van der Waals surface area contributed by atoms with Gasteiger partial charge in [0.1, 0.15) is 29.2 Å². The zero-order valence-electron chi connectivity index (χ0n) is 17.7. The largest absolute Gasteiger partial charge is 0.488 e. The van der Waals surface area contributed by atoms with Crippen molar-refractivity contribution in [3.8, 4) is 17.2 Å². The van der Waals surface area contributed by atoms with Gasteiger partial charge in [0.15, 0.2) is 5.13 Å². The maximum atomic E-state index is 13.2. The second-order valence-electron chi connectivity index (χ2n) is 6.75. The van der Waals surface area contributed by atoms with Crippen molar-refractivity contribution in [2.45, 2.75) is 17.2 Å². The van der Waals surface area contributed by atoms with Gasteiger partial charge in [0.05, 0.1) is 22.8 Å². The van der Waals surface area contributed by atoms with E-state index in [1.165, 1.54) is 47.9 Å². The van der Waals surface area contributed by atoms with E-state index in [2.05, 4.69) is 10.3 Å². The molecule has 1 amide bonds. The molecule has 174 valence electrons. The van der Waals surface area contributed by atoms with Crippen LogP contribution in [0.1, 0.15) is 17.3 Å². The summed E-state index contributed by atoms with van der Waals surface area (Å²) < 4.78 is 30.6. The predicted octanol–water partition coefficient (Wildman–Crippen LogP) is 4.92. The number of benzene rings is 2. The molecule has 0 aliphatic heterocycles. The number of carbonyl (C=O) groups is 2. The molecule has 0 bridgehead atoms. The highest BCUT2D eigenvalue weighted by molar-refractivity contribution is 8.01. The Kier molecular flexibility index (Phi) is 8.64. The molecule has 11 heteroatoms. The fourth-order valence-electron chi connectivity index (χ4n) is 2.66. The number of hydrogen-bond donors (Lipinski definition) is 2. The minimum Gasteiger partial charge on any atom is -0.488 e. The number of rotatable bonds is 11. The number of aromatic nitrogens is 1. The lowest BCUT2D eigenvalue weighted by molar-refractivity contribution is -0.133. The molecule has 1 aromatic heterocycles. The van der Waals surface area contributed by atoms with Gasteiger partial charge >= 0.3 is 5.97 Å². The summed E-state index contributed by atoms with van der Waals surface area (Å²) in [6.07, 6.45) is 1.22. The lowest BCUT2D eigenvalue weighted by Crippen LogP contribution is -2.18. The van der Waals surface area contributed by atoms with Crippen LogP contribution >= 0.6 is 23.1 Å². The summed E-state index contributed by atoms with van der Waals surface area (Å²) in [4.78, 5) is 27.7. The third-order valence-electron chi connectivity index (χ3n) is 3.97. The molecule has 0 radical (unpaired) electrons. The molecule has 3 aromatic rings. The quantitative estimate of drug-likeness (QED) is 0.364. The van der Waals surface area contributed by atoms with Gasteiger partial charge in [0.25, 0.3) is 5.91 Å². The minimum atomic E-state index is -0.938. The van der Waals surface area contributed by atoms with Crippen molar-refractivity contribution in [1.29, 1.82) is 0 Å². The number of carboxylic acids is 1. The molecule has 0 aliphatic rings. The molecule has 1 atom stereocenters. The van der Waals surface area contributed by atoms with E-state index in [0.717, 1.165) is 11.8 Å². The van der Waals surface area contributed by atoms with Gasteiger partial charge in [-0.15, -0.1) is 11.8 Å². The summed E-state index contributed by atoms with van der Waals surface area (Å²) in [5, 5.41) is 11.8. The number of carboxylic acid groups (broad SMARTS) is 1. The molecule has 0 saturated heterocycles. The molecule has 0 saturated carbocycles. The van der Waals surface area contributed by atoms with Gasteiger partial charge < -0.3 is 19.3 Å². The number of hydrogen-bond acceptors (Lipinski definition) is 8. The lowest BCUT2D eigenvalue weighted by Gasteiger charge is -2.16. The van der Waals surface area contributed by atoms with Gasteiger partial charge in [-0.3, -0.25) is 14.9 Å². The molecule has 0 spiro atoms. The Hall–Kier alpha value is -3.15. The van der Waals surface area contributed by atoms with Crippen LogP contribution in [0.5, 0.6) is 17.2 Å². The molecule has 2 N–H and O–H groups in total. The number of carbonyl (C=O) groups excluding carboxylic acids is 1. The fourth-order valence-corrected chi connectivity index (χ4v) is 4.24. The maximum absolute atomic E-state index is 13.2. The van der Waals surface area contributed by atoms with E-state index < -0.39 is 17.7 Å². The number of aliphatic carboxylic acids is 1. The summed E-state index contributed by atoms with van der Waals surface area (Å²) in [5.74, 6) is -0.771. The number of halogens is 1. The van der Waals surface area contributed by atoms with E-state index in [-0.39, 0.29) is 17.4 Å². The molecule has 3 rings (SSSR count). The third kappa shape index (κ3) is 7.74. The smallest absolute Gasteiger partial charge is 0.313 e. The molecular formula is C22H21FN2O6S2. The first-order valence-electron chi connectivity index (χ1n) is 9.68. The Morgan fingerprint density at radius 2 is 1.91 bits per heavy atom. The molecule has 0 unspecified atom stereocenters. The van der Waals surface area contributed by atoms with Gasteiger partial charge in [0.2, 0.25) is 0 Å². The van der Waals surface area contributed by atoms with Gasteiger partial charge in [-0.1, -0.05) is 11.3 Å². The minimum absolute atomic E-state index is 0.0985. The lowest BCUT2D eigenvalue weighted by atomic mass is 10.2. The molecule has 0 fully saturated rings. The number of anilines is 1. The first-order valence-corrected chi connectivity index (χ1v) is 11.5. The second-order valence-corrected chi connectivity index (χ2v) is 9.06. The molecule has 1 heterocycles. The summed E-state index contributed by atoms with van der Waals surface area (Å²) in [7, 11) is 1.56. The van der Waals surface area contributed by atoms with Crippen LogP contribution in [-0.2, 0) is 9.53 Å². The van der Waals surface area contributed by atoms with Gasteiger partial charge in [-0.05, 0) is 43.3 Å².